The molecule has 1 fully saturated rings. The molecule has 1 aliphatic rings. The minimum Gasteiger partial charge on any atom is -0.484 e. The van der Waals surface area contributed by atoms with Crippen LogP contribution in [-0.2, 0) is 11.3 Å². The van der Waals surface area contributed by atoms with E-state index in [1.165, 1.54) is 12.1 Å². The fourth-order valence-electron chi connectivity index (χ4n) is 3.15. The number of piperazine rings is 1. The summed E-state index contributed by atoms with van der Waals surface area (Å²) >= 11 is 5.83. The van der Waals surface area contributed by atoms with Gasteiger partial charge in [0.2, 0.25) is 0 Å². The van der Waals surface area contributed by atoms with Gasteiger partial charge in [-0.3, -0.25) is 9.69 Å². The van der Waals surface area contributed by atoms with Gasteiger partial charge in [-0.15, -0.1) is 0 Å². The van der Waals surface area contributed by atoms with Crippen LogP contribution in [-0.4, -0.2) is 59.7 Å². The quantitative estimate of drug-likeness (QED) is 0.821. The Labute approximate surface area is 162 Å². The third-order valence-electron chi connectivity index (χ3n) is 4.59. The number of carbonyl (C=O) groups excluding carboxylic acids is 1. The number of halogens is 2. The van der Waals surface area contributed by atoms with Crippen LogP contribution in [0.1, 0.15) is 5.56 Å². The van der Waals surface area contributed by atoms with Crippen molar-refractivity contribution in [2.75, 3.05) is 32.8 Å². The van der Waals surface area contributed by atoms with E-state index in [1.807, 2.05) is 0 Å². The third kappa shape index (κ3) is 5.42. The van der Waals surface area contributed by atoms with E-state index in [-0.39, 0.29) is 31.0 Å². The predicted molar refractivity (Wildman–Crippen MR) is 101 cm³/mol. The number of ether oxygens (including phenoxy) is 1. The number of hydrogen-bond donors (Lipinski definition) is 1. The number of amides is 1. The molecule has 3 rings (SSSR count). The highest BCUT2D eigenvalue weighted by Crippen LogP contribution is 2.17. The highest BCUT2D eigenvalue weighted by atomic mass is 35.5. The summed E-state index contributed by atoms with van der Waals surface area (Å²) in [6.07, 6.45) is 0. The van der Waals surface area contributed by atoms with Gasteiger partial charge < -0.3 is 14.7 Å². The zero-order chi connectivity index (χ0) is 19.2. The van der Waals surface area contributed by atoms with E-state index < -0.39 is 0 Å². The van der Waals surface area contributed by atoms with Crippen LogP contribution in [0.15, 0.2) is 48.5 Å². The van der Waals surface area contributed by atoms with E-state index in [2.05, 4.69) is 4.90 Å². The summed E-state index contributed by atoms with van der Waals surface area (Å²) in [4.78, 5) is 16.3. The first-order chi connectivity index (χ1) is 13.0. The SMILES string of the molecule is O=C(COc1ccc(Cl)cc1)N1CCN(Cc2ccc(F)cc2)CC1CO. The summed E-state index contributed by atoms with van der Waals surface area (Å²) in [7, 11) is 0. The Bertz CT molecular complexity index is 755. The molecule has 0 spiro atoms. The average molecular weight is 393 g/mol. The molecule has 1 atom stereocenters. The first-order valence-electron chi connectivity index (χ1n) is 8.80. The second-order valence-electron chi connectivity index (χ2n) is 6.53. The Morgan fingerprint density at radius 2 is 1.85 bits per heavy atom. The Morgan fingerprint density at radius 3 is 2.52 bits per heavy atom. The lowest BCUT2D eigenvalue weighted by molar-refractivity contribution is -0.139. The van der Waals surface area contributed by atoms with E-state index in [1.54, 1.807) is 41.3 Å². The van der Waals surface area contributed by atoms with Crippen LogP contribution in [0.3, 0.4) is 0 Å². The maximum Gasteiger partial charge on any atom is 0.260 e. The lowest BCUT2D eigenvalue weighted by Crippen LogP contribution is -2.57. The van der Waals surface area contributed by atoms with Gasteiger partial charge in [0, 0.05) is 31.2 Å². The number of carbonyl (C=O) groups is 1. The summed E-state index contributed by atoms with van der Waals surface area (Å²) in [6.45, 7) is 2.19. The maximum absolute atomic E-state index is 13.0. The van der Waals surface area contributed by atoms with Crippen molar-refractivity contribution in [3.05, 3.63) is 64.9 Å². The summed E-state index contributed by atoms with van der Waals surface area (Å²) in [5.74, 6) is 0.150. The minimum absolute atomic E-state index is 0.0872. The van der Waals surface area contributed by atoms with Crippen molar-refractivity contribution >= 4 is 17.5 Å². The molecule has 0 aromatic heterocycles. The van der Waals surface area contributed by atoms with Crippen molar-refractivity contribution in [1.82, 2.24) is 9.80 Å². The number of rotatable bonds is 6. The summed E-state index contributed by atoms with van der Waals surface area (Å²) in [6, 6.07) is 12.9. The van der Waals surface area contributed by atoms with E-state index in [4.69, 9.17) is 16.3 Å². The molecule has 1 heterocycles. The van der Waals surface area contributed by atoms with Gasteiger partial charge in [-0.2, -0.15) is 0 Å². The molecule has 1 saturated heterocycles. The maximum atomic E-state index is 13.0. The summed E-state index contributed by atoms with van der Waals surface area (Å²) < 4.78 is 18.5. The molecule has 1 unspecified atom stereocenters. The van der Waals surface area contributed by atoms with Crippen molar-refractivity contribution < 1.29 is 19.0 Å². The van der Waals surface area contributed by atoms with Crippen LogP contribution in [0.4, 0.5) is 4.39 Å². The van der Waals surface area contributed by atoms with Crippen molar-refractivity contribution in [3.8, 4) is 5.75 Å². The number of nitrogens with zero attached hydrogens (tertiary/aromatic N) is 2. The molecule has 2 aromatic rings. The van der Waals surface area contributed by atoms with Crippen LogP contribution in [0.2, 0.25) is 5.02 Å². The topological polar surface area (TPSA) is 53.0 Å². The Balaban J connectivity index is 1.53. The van der Waals surface area contributed by atoms with Gasteiger partial charge in [-0.05, 0) is 42.0 Å². The van der Waals surface area contributed by atoms with Crippen LogP contribution >= 0.6 is 11.6 Å². The second-order valence-corrected chi connectivity index (χ2v) is 6.96. The fourth-order valence-corrected chi connectivity index (χ4v) is 3.28. The van der Waals surface area contributed by atoms with Crippen molar-refractivity contribution in [2.45, 2.75) is 12.6 Å². The number of hydrogen-bond acceptors (Lipinski definition) is 4. The first-order valence-corrected chi connectivity index (χ1v) is 9.18. The first kappa shape index (κ1) is 19.6. The molecule has 144 valence electrons. The molecule has 1 N–H and O–H groups in total. The highest BCUT2D eigenvalue weighted by Gasteiger charge is 2.30. The van der Waals surface area contributed by atoms with E-state index in [0.29, 0.717) is 37.0 Å². The van der Waals surface area contributed by atoms with Crippen molar-refractivity contribution in [1.29, 1.82) is 0 Å². The molecule has 7 heteroatoms. The standard InChI is InChI=1S/C20H22ClFN2O3/c21-16-3-7-19(8-4-16)27-14-20(26)24-10-9-23(12-18(24)13-25)11-15-1-5-17(22)6-2-15/h1-8,18,25H,9-14H2. The predicted octanol–water partition coefficient (Wildman–Crippen LogP) is 2.56. The molecule has 0 aliphatic carbocycles. The number of benzene rings is 2. The Morgan fingerprint density at radius 1 is 1.15 bits per heavy atom. The minimum atomic E-state index is -0.291. The zero-order valence-corrected chi connectivity index (χ0v) is 15.6. The molecular weight excluding hydrogens is 371 g/mol. The van der Waals surface area contributed by atoms with Gasteiger partial charge in [-0.1, -0.05) is 23.7 Å². The lowest BCUT2D eigenvalue weighted by atomic mass is 10.1. The summed E-state index contributed by atoms with van der Waals surface area (Å²) in [5.41, 5.74) is 0.999. The van der Waals surface area contributed by atoms with Crippen LogP contribution in [0, 0.1) is 5.82 Å². The average Bonchev–Trinajstić information content (AvgIpc) is 2.69. The van der Waals surface area contributed by atoms with E-state index in [0.717, 1.165) is 5.56 Å². The lowest BCUT2D eigenvalue weighted by Gasteiger charge is -2.40. The molecule has 0 saturated carbocycles. The second kappa shape index (κ2) is 9.17. The Hall–Kier alpha value is -2.15. The monoisotopic (exact) mass is 392 g/mol. The molecular formula is C20H22ClFN2O3. The van der Waals surface area contributed by atoms with Crippen molar-refractivity contribution in [2.24, 2.45) is 0 Å². The number of aliphatic hydroxyl groups excluding tert-OH is 1. The largest absolute Gasteiger partial charge is 0.484 e. The zero-order valence-electron chi connectivity index (χ0n) is 14.9. The van der Waals surface area contributed by atoms with Gasteiger partial charge >= 0.3 is 0 Å². The van der Waals surface area contributed by atoms with Crippen molar-refractivity contribution in [3.63, 3.8) is 0 Å². The normalized spacial score (nSPS) is 17.7. The molecule has 1 aliphatic heterocycles. The van der Waals surface area contributed by atoms with Gasteiger partial charge in [0.05, 0.1) is 12.6 Å². The fraction of sp³-hybridized carbons (Fsp3) is 0.350. The van der Waals surface area contributed by atoms with Crippen LogP contribution in [0.5, 0.6) is 5.75 Å². The van der Waals surface area contributed by atoms with E-state index in [9.17, 15) is 14.3 Å². The Kier molecular flexibility index (Phi) is 6.66. The van der Waals surface area contributed by atoms with Crippen LogP contribution < -0.4 is 4.74 Å². The van der Waals surface area contributed by atoms with Gasteiger partial charge in [-0.25, -0.2) is 4.39 Å². The molecule has 0 bridgehead atoms. The molecule has 0 radical (unpaired) electrons. The van der Waals surface area contributed by atoms with E-state index >= 15 is 0 Å². The molecule has 5 nitrogen and oxygen atoms in total. The van der Waals surface area contributed by atoms with Gasteiger partial charge in [0.1, 0.15) is 11.6 Å². The van der Waals surface area contributed by atoms with Gasteiger partial charge in [0.25, 0.3) is 5.91 Å². The molecule has 27 heavy (non-hydrogen) atoms. The van der Waals surface area contributed by atoms with Gasteiger partial charge in [0.15, 0.2) is 6.61 Å². The van der Waals surface area contributed by atoms with Crippen LogP contribution in [0.25, 0.3) is 0 Å². The summed E-state index contributed by atoms with van der Waals surface area (Å²) in [5, 5.41) is 10.3. The number of aliphatic hydroxyl groups is 1. The third-order valence-corrected chi connectivity index (χ3v) is 4.85. The highest BCUT2D eigenvalue weighted by molar-refractivity contribution is 6.30. The molecule has 1 amide bonds. The molecule has 2 aromatic carbocycles. The smallest absolute Gasteiger partial charge is 0.260 e.